The van der Waals surface area contributed by atoms with E-state index < -0.39 is 0 Å². The van der Waals surface area contributed by atoms with Gasteiger partial charge in [-0.3, -0.25) is 9.59 Å². The Balaban J connectivity index is 2.26. The van der Waals surface area contributed by atoms with Gasteiger partial charge in [0.1, 0.15) is 11.3 Å². The van der Waals surface area contributed by atoms with Crippen molar-refractivity contribution >= 4 is 18.2 Å². The van der Waals surface area contributed by atoms with Crippen molar-refractivity contribution in [1.29, 1.82) is 0 Å². The molecule has 0 aliphatic heterocycles. The zero-order valence-corrected chi connectivity index (χ0v) is 10.3. The Morgan fingerprint density at radius 2 is 2.11 bits per heavy atom. The van der Waals surface area contributed by atoms with Crippen molar-refractivity contribution in [3.05, 3.63) is 47.4 Å². The predicted molar refractivity (Wildman–Crippen MR) is 70.5 cm³/mol. The molecule has 0 radical (unpaired) electrons. The van der Waals surface area contributed by atoms with Crippen molar-refractivity contribution in [3.8, 4) is 11.4 Å². The van der Waals surface area contributed by atoms with Crippen LogP contribution in [0.2, 0.25) is 0 Å². The van der Waals surface area contributed by atoms with Crippen LogP contribution >= 0.6 is 0 Å². The van der Waals surface area contributed by atoms with Gasteiger partial charge in [0.05, 0.1) is 11.4 Å². The molecule has 0 aromatic carbocycles. The van der Waals surface area contributed by atoms with Gasteiger partial charge in [-0.1, -0.05) is 6.07 Å². The molecule has 3 aromatic rings. The van der Waals surface area contributed by atoms with Crippen LogP contribution in [0.25, 0.3) is 17.0 Å². The van der Waals surface area contributed by atoms with Crippen molar-refractivity contribution in [1.82, 2.24) is 14.4 Å². The van der Waals surface area contributed by atoms with Gasteiger partial charge in [-0.25, -0.2) is 4.98 Å². The number of aldehydes is 2. The first-order chi connectivity index (χ1) is 9.24. The molecular formula is C14H11N3O2. The molecule has 0 bridgehead atoms. The Bertz CT molecular complexity index is 750. The first-order valence-corrected chi connectivity index (χ1v) is 5.81. The SMILES string of the molecule is Cc1c(C=O)[nH]c(-c2cn3ccccc3n2)c1C=O. The first kappa shape index (κ1) is 11.4. The van der Waals surface area contributed by atoms with Crippen LogP contribution in [0.15, 0.2) is 30.6 Å². The first-order valence-electron chi connectivity index (χ1n) is 5.81. The third-order valence-corrected chi connectivity index (χ3v) is 3.19. The smallest absolute Gasteiger partial charge is 0.166 e. The van der Waals surface area contributed by atoms with Crippen LogP contribution in [0, 0.1) is 6.92 Å². The monoisotopic (exact) mass is 253 g/mol. The average Bonchev–Trinajstić information content (AvgIpc) is 2.98. The van der Waals surface area contributed by atoms with Gasteiger partial charge in [0.15, 0.2) is 12.6 Å². The Morgan fingerprint density at radius 1 is 1.26 bits per heavy atom. The largest absolute Gasteiger partial charge is 0.350 e. The number of fused-ring (bicyclic) bond motifs is 1. The third-order valence-electron chi connectivity index (χ3n) is 3.19. The number of nitrogens with zero attached hydrogens (tertiary/aromatic N) is 2. The van der Waals surface area contributed by atoms with Gasteiger partial charge < -0.3 is 9.38 Å². The molecule has 1 N–H and O–H groups in total. The lowest BCUT2D eigenvalue weighted by atomic mass is 10.1. The summed E-state index contributed by atoms with van der Waals surface area (Å²) in [5.74, 6) is 0. The molecule has 3 rings (SSSR count). The third kappa shape index (κ3) is 1.67. The molecule has 0 aliphatic rings. The second-order valence-electron chi connectivity index (χ2n) is 4.28. The van der Waals surface area contributed by atoms with Crippen LogP contribution in [0.3, 0.4) is 0 Å². The predicted octanol–water partition coefficient (Wildman–Crippen LogP) is 2.26. The van der Waals surface area contributed by atoms with E-state index in [9.17, 15) is 9.59 Å². The van der Waals surface area contributed by atoms with Gasteiger partial charge in [0.2, 0.25) is 0 Å². The zero-order chi connectivity index (χ0) is 13.4. The molecule has 5 heteroatoms. The highest BCUT2D eigenvalue weighted by Crippen LogP contribution is 2.25. The number of carbonyl (C=O) groups is 2. The maximum Gasteiger partial charge on any atom is 0.166 e. The van der Waals surface area contributed by atoms with E-state index in [1.807, 2.05) is 35.0 Å². The molecule has 3 aromatic heterocycles. The minimum absolute atomic E-state index is 0.411. The average molecular weight is 253 g/mol. The van der Waals surface area contributed by atoms with E-state index in [4.69, 9.17) is 0 Å². The minimum atomic E-state index is 0.411. The second kappa shape index (κ2) is 4.20. The molecule has 0 unspecified atom stereocenters. The van der Waals surface area contributed by atoms with E-state index >= 15 is 0 Å². The number of H-pyrrole nitrogens is 1. The zero-order valence-electron chi connectivity index (χ0n) is 10.3. The topological polar surface area (TPSA) is 67.2 Å². The lowest BCUT2D eigenvalue weighted by Crippen LogP contribution is -1.85. The molecule has 0 atom stereocenters. The fourth-order valence-electron chi connectivity index (χ4n) is 2.15. The molecular weight excluding hydrogens is 242 g/mol. The number of nitrogens with one attached hydrogen (secondary N) is 1. The summed E-state index contributed by atoms with van der Waals surface area (Å²) in [4.78, 5) is 29.5. The van der Waals surface area contributed by atoms with Crippen molar-refractivity contribution in [2.24, 2.45) is 0 Å². The number of aromatic nitrogens is 3. The number of rotatable bonds is 3. The van der Waals surface area contributed by atoms with Crippen molar-refractivity contribution in [3.63, 3.8) is 0 Å². The molecule has 5 nitrogen and oxygen atoms in total. The molecule has 19 heavy (non-hydrogen) atoms. The minimum Gasteiger partial charge on any atom is -0.350 e. The van der Waals surface area contributed by atoms with E-state index in [-0.39, 0.29) is 0 Å². The van der Waals surface area contributed by atoms with Gasteiger partial charge in [-0.15, -0.1) is 0 Å². The van der Waals surface area contributed by atoms with Crippen LogP contribution in [0.5, 0.6) is 0 Å². The maximum absolute atomic E-state index is 11.2. The number of hydrogen-bond acceptors (Lipinski definition) is 3. The molecule has 0 aliphatic carbocycles. The van der Waals surface area contributed by atoms with Crippen molar-refractivity contribution in [2.45, 2.75) is 6.92 Å². The molecule has 0 saturated carbocycles. The number of carbonyl (C=O) groups excluding carboxylic acids is 2. The van der Waals surface area contributed by atoms with Crippen molar-refractivity contribution < 1.29 is 9.59 Å². The van der Waals surface area contributed by atoms with Gasteiger partial charge >= 0.3 is 0 Å². The summed E-state index contributed by atoms with van der Waals surface area (Å²) < 4.78 is 1.86. The van der Waals surface area contributed by atoms with Crippen LogP contribution in [-0.2, 0) is 0 Å². The van der Waals surface area contributed by atoms with Crippen LogP contribution in [-0.4, -0.2) is 26.9 Å². The van der Waals surface area contributed by atoms with Gasteiger partial charge in [0.25, 0.3) is 0 Å². The van der Waals surface area contributed by atoms with E-state index in [0.717, 1.165) is 11.9 Å². The molecule has 0 fully saturated rings. The van der Waals surface area contributed by atoms with Gasteiger partial charge in [-0.2, -0.15) is 0 Å². The van der Waals surface area contributed by atoms with E-state index in [1.54, 1.807) is 6.92 Å². The summed E-state index contributed by atoms with van der Waals surface area (Å²) in [5, 5.41) is 0. The molecule has 94 valence electrons. The normalized spacial score (nSPS) is 10.8. The Labute approximate surface area is 108 Å². The lowest BCUT2D eigenvalue weighted by Gasteiger charge is -1.93. The van der Waals surface area contributed by atoms with Gasteiger partial charge in [0, 0.05) is 18.0 Å². The van der Waals surface area contributed by atoms with Crippen LogP contribution in [0.4, 0.5) is 0 Å². The molecule has 0 saturated heterocycles. The summed E-state index contributed by atoms with van der Waals surface area (Å²) in [6.45, 7) is 1.74. The summed E-state index contributed by atoms with van der Waals surface area (Å²) >= 11 is 0. The van der Waals surface area contributed by atoms with E-state index in [1.165, 1.54) is 0 Å². The number of pyridine rings is 1. The lowest BCUT2D eigenvalue weighted by molar-refractivity contribution is 0.111. The van der Waals surface area contributed by atoms with E-state index in [0.29, 0.717) is 34.5 Å². The molecule has 0 amide bonds. The van der Waals surface area contributed by atoms with E-state index in [2.05, 4.69) is 9.97 Å². The van der Waals surface area contributed by atoms with Crippen LogP contribution < -0.4 is 0 Å². The molecule has 3 heterocycles. The summed E-state index contributed by atoms with van der Waals surface area (Å²) in [6, 6.07) is 5.67. The fraction of sp³-hybridized carbons (Fsp3) is 0.0714. The second-order valence-corrected chi connectivity index (χ2v) is 4.28. The maximum atomic E-state index is 11.2. The Hall–Kier alpha value is -2.69. The Kier molecular flexibility index (Phi) is 2.52. The summed E-state index contributed by atoms with van der Waals surface area (Å²) in [6.07, 6.45) is 5.16. The highest BCUT2D eigenvalue weighted by Gasteiger charge is 2.16. The highest BCUT2D eigenvalue weighted by molar-refractivity contribution is 5.92. The molecule has 0 spiro atoms. The van der Waals surface area contributed by atoms with Crippen LogP contribution in [0.1, 0.15) is 26.4 Å². The quantitative estimate of drug-likeness (QED) is 0.728. The fourth-order valence-corrected chi connectivity index (χ4v) is 2.15. The standard InChI is InChI=1S/C14H11N3O2/c1-9-10(7-18)14(16-12(9)8-19)11-6-17-5-3-2-4-13(17)15-11/h2-8,16H,1H3. The summed E-state index contributed by atoms with van der Waals surface area (Å²) in [5.41, 5.74) is 3.55. The Morgan fingerprint density at radius 3 is 2.79 bits per heavy atom. The number of imidazole rings is 1. The highest BCUT2D eigenvalue weighted by atomic mass is 16.1. The van der Waals surface area contributed by atoms with Gasteiger partial charge in [-0.05, 0) is 24.6 Å². The number of hydrogen-bond donors (Lipinski definition) is 1. The van der Waals surface area contributed by atoms with Crippen molar-refractivity contribution in [2.75, 3.05) is 0 Å². The number of aromatic amines is 1. The summed E-state index contributed by atoms with van der Waals surface area (Å²) in [7, 11) is 0.